The molecule has 2 unspecified atom stereocenters. The van der Waals surface area contributed by atoms with Crippen LogP contribution < -0.4 is 10.6 Å². The highest BCUT2D eigenvalue weighted by molar-refractivity contribution is 5.79. The summed E-state index contributed by atoms with van der Waals surface area (Å²) in [6, 6.07) is 0.332. The van der Waals surface area contributed by atoms with Gasteiger partial charge in [0.25, 0.3) is 0 Å². The molecule has 0 aromatic rings. The number of hydrogen-bond acceptors (Lipinski definition) is 2. The second-order valence-corrected chi connectivity index (χ2v) is 5.32. The molecule has 0 bridgehead atoms. The zero-order valence-electron chi connectivity index (χ0n) is 10.9. The van der Waals surface area contributed by atoms with Gasteiger partial charge < -0.3 is 10.6 Å². The van der Waals surface area contributed by atoms with Crippen LogP contribution in [0.3, 0.4) is 0 Å². The molecule has 1 saturated heterocycles. The van der Waals surface area contributed by atoms with Crippen molar-refractivity contribution in [3.63, 3.8) is 0 Å². The van der Waals surface area contributed by atoms with Crippen molar-refractivity contribution >= 4 is 5.91 Å². The summed E-state index contributed by atoms with van der Waals surface area (Å²) < 4.78 is 0. The molecule has 1 heterocycles. The lowest BCUT2D eigenvalue weighted by molar-refractivity contribution is -0.126. The van der Waals surface area contributed by atoms with Crippen molar-refractivity contribution in [1.29, 1.82) is 0 Å². The minimum Gasteiger partial charge on any atom is -0.356 e. The summed E-state index contributed by atoms with van der Waals surface area (Å²) >= 11 is 0. The van der Waals surface area contributed by atoms with Crippen LogP contribution in [0, 0.1) is 11.8 Å². The van der Waals surface area contributed by atoms with E-state index < -0.39 is 0 Å². The maximum atomic E-state index is 11.9. The van der Waals surface area contributed by atoms with Crippen molar-refractivity contribution < 1.29 is 4.79 Å². The molecule has 2 atom stereocenters. The smallest absolute Gasteiger partial charge is 0.224 e. The minimum atomic E-state index is 0.174. The maximum absolute atomic E-state index is 11.9. The molecular formula is C13H26N2O. The number of amides is 1. The molecular weight excluding hydrogens is 200 g/mol. The van der Waals surface area contributed by atoms with Gasteiger partial charge in [-0.2, -0.15) is 0 Å². The van der Waals surface area contributed by atoms with Crippen LogP contribution in [0.25, 0.3) is 0 Å². The fraction of sp³-hybridized carbons (Fsp3) is 0.923. The van der Waals surface area contributed by atoms with Gasteiger partial charge in [0.05, 0.1) is 5.92 Å². The van der Waals surface area contributed by atoms with Gasteiger partial charge in [0.15, 0.2) is 0 Å². The van der Waals surface area contributed by atoms with Crippen LogP contribution in [-0.2, 0) is 4.79 Å². The predicted molar refractivity (Wildman–Crippen MR) is 67.3 cm³/mol. The standard InChI is InChI=1S/C13H26N2O/c1-10(2)6-4-9-15-13(16)12-7-5-8-14-11(12)3/h10-12,14H,4-9H2,1-3H3,(H,15,16). The summed E-state index contributed by atoms with van der Waals surface area (Å²) in [5.41, 5.74) is 0. The number of rotatable bonds is 5. The Balaban J connectivity index is 2.18. The van der Waals surface area contributed by atoms with Crippen molar-refractivity contribution in [2.24, 2.45) is 11.8 Å². The van der Waals surface area contributed by atoms with E-state index in [0.717, 1.165) is 38.3 Å². The zero-order valence-corrected chi connectivity index (χ0v) is 10.9. The van der Waals surface area contributed by atoms with Gasteiger partial charge in [0, 0.05) is 12.6 Å². The Morgan fingerprint density at radius 2 is 2.25 bits per heavy atom. The second-order valence-electron chi connectivity index (χ2n) is 5.32. The molecule has 1 aliphatic heterocycles. The van der Waals surface area contributed by atoms with Crippen molar-refractivity contribution in [2.45, 2.75) is 52.5 Å². The SMILES string of the molecule is CC(C)CCCNC(=O)C1CCCNC1C. The molecule has 0 spiro atoms. The molecule has 3 nitrogen and oxygen atoms in total. The Morgan fingerprint density at radius 3 is 2.88 bits per heavy atom. The van der Waals surface area contributed by atoms with Gasteiger partial charge in [-0.05, 0) is 45.1 Å². The molecule has 1 amide bonds. The summed E-state index contributed by atoms with van der Waals surface area (Å²) in [5, 5.41) is 6.42. The van der Waals surface area contributed by atoms with Crippen LogP contribution in [0.4, 0.5) is 0 Å². The largest absolute Gasteiger partial charge is 0.356 e. The summed E-state index contributed by atoms with van der Waals surface area (Å²) in [7, 11) is 0. The third-order valence-corrected chi connectivity index (χ3v) is 3.36. The van der Waals surface area contributed by atoms with Crippen LogP contribution in [0.2, 0.25) is 0 Å². The molecule has 0 aromatic carbocycles. The second kappa shape index (κ2) is 6.89. The molecule has 94 valence electrons. The fourth-order valence-corrected chi connectivity index (χ4v) is 2.26. The summed E-state index contributed by atoms with van der Waals surface area (Å²) in [6.45, 7) is 8.43. The zero-order chi connectivity index (χ0) is 12.0. The van der Waals surface area contributed by atoms with Crippen molar-refractivity contribution in [3.8, 4) is 0 Å². The summed E-state index contributed by atoms with van der Waals surface area (Å²) in [5.74, 6) is 1.14. The van der Waals surface area contributed by atoms with E-state index in [1.54, 1.807) is 0 Å². The number of piperidine rings is 1. The molecule has 3 heteroatoms. The Bertz CT molecular complexity index is 216. The Morgan fingerprint density at radius 1 is 1.50 bits per heavy atom. The van der Waals surface area contributed by atoms with E-state index in [1.807, 2.05) is 0 Å². The summed E-state index contributed by atoms with van der Waals surface area (Å²) in [6.07, 6.45) is 4.44. The first-order valence-corrected chi connectivity index (χ1v) is 6.62. The Kier molecular flexibility index (Phi) is 5.81. The van der Waals surface area contributed by atoms with Crippen molar-refractivity contribution in [2.75, 3.05) is 13.1 Å². The number of hydrogen-bond donors (Lipinski definition) is 2. The topological polar surface area (TPSA) is 41.1 Å². The van der Waals surface area contributed by atoms with Gasteiger partial charge in [-0.1, -0.05) is 13.8 Å². The Labute approximate surface area is 99.4 Å². The van der Waals surface area contributed by atoms with E-state index in [9.17, 15) is 4.79 Å². The first kappa shape index (κ1) is 13.5. The van der Waals surface area contributed by atoms with Crippen LogP contribution in [0.1, 0.15) is 46.5 Å². The van der Waals surface area contributed by atoms with Gasteiger partial charge >= 0.3 is 0 Å². The summed E-state index contributed by atoms with van der Waals surface area (Å²) in [4.78, 5) is 11.9. The maximum Gasteiger partial charge on any atom is 0.224 e. The highest BCUT2D eigenvalue weighted by Gasteiger charge is 2.26. The lowest BCUT2D eigenvalue weighted by atomic mass is 9.91. The van der Waals surface area contributed by atoms with Gasteiger partial charge in [0.1, 0.15) is 0 Å². The molecule has 0 saturated carbocycles. The lowest BCUT2D eigenvalue weighted by Crippen LogP contribution is -2.46. The van der Waals surface area contributed by atoms with Crippen LogP contribution in [0.15, 0.2) is 0 Å². The normalized spacial score (nSPS) is 25.8. The molecule has 1 fully saturated rings. The average molecular weight is 226 g/mol. The van der Waals surface area contributed by atoms with Crippen molar-refractivity contribution in [1.82, 2.24) is 10.6 Å². The third-order valence-electron chi connectivity index (χ3n) is 3.36. The fourth-order valence-electron chi connectivity index (χ4n) is 2.26. The molecule has 1 rings (SSSR count). The van der Waals surface area contributed by atoms with E-state index in [4.69, 9.17) is 0 Å². The number of carbonyl (C=O) groups is 1. The molecule has 0 aliphatic carbocycles. The van der Waals surface area contributed by atoms with Gasteiger partial charge in [-0.3, -0.25) is 4.79 Å². The van der Waals surface area contributed by atoms with Crippen LogP contribution in [0.5, 0.6) is 0 Å². The highest BCUT2D eigenvalue weighted by Crippen LogP contribution is 2.16. The van der Waals surface area contributed by atoms with Crippen LogP contribution >= 0.6 is 0 Å². The number of carbonyl (C=O) groups excluding carboxylic acids is 1. The van der Waals surface area contributed by atoms with E-state index in [0.29, 0.717) is 6.04 Å². The average Bonchev–Trinajstić information content (AvgIpc) is 2.24. The minimum absolute atomic E-state index is 0.174. The molecule has 2 N–H and O–H groups in total. The van der Waals surface area contributed by atoms with E-state index in [1.165, 1.54) is 6.42 Å². The first-order chi connectivity index (χ1) is 7.61. The quantitative estimate of drug-likeness (QED) is 0.703. The van der Waals surface area contributed by atoms with Crippen molar-refractivity contribution in [3.05, 3.63) is 0 Å². The van der Waals surface area contributed by atoms with E-state index >= 15 is 0 Å². The molecule has 0 aromatic heterocycles. The van der Waals surface area contributed by atoms with Crippen LogP contribution in [-0.4, -0.2) is 25.0 Å². The number of nitrogens with one attached hydrogen (secondary N) is 2. The van der Waals surface area contributed by atoms with E-state index in [2.05, 4.69) is 31.4 Å². The van der Waals surface area contributed by atoms with Gasteiger partial charge in [-0.15, -0.1) is 0 Å². The predicted octanol–water partition coefficient (Wildman–Crippen LogP) is 1.93. The Hall–Kier alpha value is -0.570. The lowest BCUT2D eigenvalue weighted by Gasteiger charge is -2.28. The van der Waals surface area contributed by atoms with Gasteiger partial charge in [0.2, 0.25) is 5.91 Å². The first-order valence-electron chi connectivity index (χ1n) is 6.62. The molecule has 16 heavy (non-hydrogen) atoms. The monoisotopic (exact) mass is 226 g/mol. The third kappa shape index (κ3) is 4.52. The van der Waals surface area contributed by atoms with E-state index in [-0.39, 0.29) is 11.8 Å². The molecule has 0 radical (unpaired) electrons. The highest BCUT2D eigenvalue weighted by atomic mass is 16.1. The molecule has 1 aliphatic rings. The van der Waals surface area contributed by atoms with Gasteiger partial charge in [-0.25, -0.2) is 0 Å².